The van der Waals surface area contributed by atoms with E-state index in [0.29, 0.717) is 6.54 Å². The summed E-state index contributed by atoms with van der Waals surface area (Å²) in [6, 6.07) is 6.80. The number of aryl methyl sites for hydroxylation is 2. The first-order chi connectivity index (χ1) is 11.5. The zero-order chi connectivity index (χ0) is 17.1. The second kappa shape index (κ2) is 7.66. The Hall–Kier alpha value is -1.39. The van der Waals surface area contributed by atoms with E-state index in [1.165, 1.54) is 47.3 Å². The maximum absolute atomic E-state index is 12.4. The number of hydrogen-bond acceptors (Lipinski definition) is 2. The molecule has 0 radical (unpaired) electrons. The smallest absolute Gasteiger partial charge is 0.275 e. The van der Waals surface area contributed by atoms with E-state index < -0.39 is 0 Å². The van der Waals surface area contributed by atoms with Crippen LogP contribution in [-0.4, -0.2) is 37.7 Å². The number of nitrogens with one attached hydrogen (secondary N) is 2. The lowest BCUT2D eigenvalue weighted by Gasteiger charge is -2.32. The van der Waals surface area contributed by atoms with Crippen LogP contribution in [-0.2, 0) is 22.4 Å². The van der Waals surface area contributed by atoms with Gasteiger partial charge in [-0.05, 0) is 63.1 Å². The summed E-state index contributed by atoms with van der Waals surface area (Å²) >= 11 is 0. The highest BCUT2D eigenvalue weighted by Gasteiger charge is 2.27. The highest BCUT2D eigenvalue weighted by Crippen LogP contribution is 2.24. The van der Waals surface area contributed by atoms with Crippen molar-refractivity contribution in [2.75, 3.05) is 19.6 Å². The van der Waals surface area contributed by atoms with Crippen molar-refractivity contribution in [2.24, 2.45) is 0 Å². The summed E-state index contributed by atoms with van der Waals surface area (Å²) in [7, 11) is 0. The number of rotatable bonds is 4. The van der Waals surface area contributed by atoms with Gasteiger partial charge in [0, 0.05) is 0 Å². The monoisotopic (exact) mass is 331 g/mol. The second-order valence-electron chi connectivity index (χ2n) is 7.62. The van der Waals surface area contributed by atoms with Gasteiger partial charge in [-0.3, -0.25) is 4.79 Å². The Balaban J connectivity index is 1.56. The number of quaternary nitrogens is 1. The first kappa shape index (κ1) is 17.4. The van der Waals surface area contributed by atoms with Crippen LogP contribution in [0.5, 0.6) is 0 Å². The molecule has 1 saturated heterocycles. The molecule has 1 aliphatic carbocycles. The summed E-state index contributed by atoms with van der Waals surface area (Å²) < 4.78 is 5.75. The maximum atomic E-state index is 12.4. The Labute approximate surface area is 145 Å². The van der Waals surface area contributed by atoms with Crippen LogP contribution in [0.2, 0.25) is 0 Å². The molecule has 1 heterocycles. The Morgan fingerprint density at radius 2 is 1.88 bits per heavy atom. The van der Waals surface area contributed by atoms with E-state index in [2.05, 4.69) is 44.3 Å². The van der Waals surface area contributed by atoms with E-state index in [0.717, 1.165) is 13.1 Å². The Morgan fingerprint density at radius 1 is 1.21 bits per heavy atom. The van der Waals surface area contributed by atoms with E-state index >= 15 is 0 Å². The number of hydrogen-bond donors (Lipinski definition) is 2. The van der Waals surface area contributed by atoms with Gasteiger partial charge in [0.25, 0.3) is 5.91 Å². The average Bonchev–Trinajstić information content (AvgIpc) is 2.53. The zero-order valence-corrected chi connectivity index (χ0v) is 15.2. The third-order valence-corrected chi connectivity index (χ3v) is 5.28. The minimum absolute atomic E-state index is 0.0695. The van der Waals surface area contributed by atoms with Crippen molar-refractivity contribution in [3.05, 3.63) is 34.9 Å². The third kappa shape index (κ3) is 4.37. The van der Waals surface area contributed by atoms with Crippen LogP contribution in [0, 0.1) is 0 Å². The lowest BCUT2D eigenvalue weighted by atomic mass is 9.89. The average molecular weight is 331 g/mol. The molecular weight excluding hydrogens is 300 g/mol. The fourth-order valence-corrected chi connectivity index (χ4v) is 4.16. The van der Waals surface area contributed by atoms with Gasteiger partial charge >= 0.3 is 0 Å². The lowest BCUT2D eigenvalue weighted by molar-refractivity contribution is -0.907. The van der Waals surface area contributed by atoms with Crippen molar-refractivity contribution in [3.8, 4) is 0 Å². The van der Waals surface area contributed by atoms with Crippen LogP contribution in [0.3, 0.4) is 0 Å². The quantitative estimate of drug-likeness (QED) is 0.877. The minimum atomic E-state index is 0.0695. The number of carbonyl (C=O) groups excluding carboxylic acids is 1. The van der Waals surface area contributed by atoms with Gasteiger partial charge in [0.05, 0.1) is 6.04 Å². The minimum Gasteiger partial charge on any atom is -0.364 e. The van der Waals surface area contributed by atoms with Crippen molar-refractivity contribution in [1.82, 2.24) is 5.32 Å². The highest BCUT2D eigenvalue weighted by atomic mass is 16.5. The molecule has 0 aromatic heterocycles. The molecule has 3 atom stereocenters. The van der Waals surface area contributed by atoms with E-state index in [9.17, 15) is 4.79 Å². The van der Waals surface area contributed by atoms with Crippen molar-refractivity contribution < 1.29 is 14.4 Å². The van der Waals surface area contributed by atoms with E-state index in [1.807, 2.05) is 0 Å². The summed E-state index contributed by atoms with van der Waals surface area (Å²) in [6.45, 7) is 8.61. The molecule has 4 nitrogen and oxygen atoms in total. The van der Waals surface area contributed by atoms with Gasteiger partial charge in [-0.25, -0.2) is 0 Å². The summed E-state index contributed by atoms with van der Waals surface area (Å²) in [4.78, 5) is 13.7. The first-order valence-electron chi connectivity index (χ1n) is 9.41. The van der Waals surface area contributed by atoms with Crippen LogP contribution in [0.15, 0.2) is 18.2 Å². The number of fused-ring (bicyclic) bond motifs is 1. The normalized spacial score (nSPS) is 28.0. The molecule has 1 amide bonds. The molecule has 0 spiro atoms. The lowest BCUT2D eigenvalue weighted by Crippen LogP contribution is -3.16. The maximum Gasteiger partial charge on any atom is 0.275 e. The van der Waals surface area contributed by atoms with E-state index in [1.54, 1.807) is 0 Å². The highest BCUT2D eigenvalue weighted by molar-refractivity contribution is 5.77. The van der Waals surface area contributed by atoms with Gasteiger partial charge in [-0.1, -0.05) is 18.2 Å². The summed E-state index contributed by atoms with van der Waals surface area (Å²) in [5.74, 6) is 0.136. The molecule has 4 heteroatoms. The van der Waals surface area contributed by atoms with Crippen molar-refractivity contribution in [2.45, 2.75) is 64.7 Å². The standard InChI is InChI=1S/C20H30N2O2/c1-14-11-22(12-15(2)24-14)13-20(23)21-16(3)18-9-8-17-6-4-5-7-19(17)10-18/h8-10,14-16H,4-7,11-13H2,1-3H3,(H,21,23)/p+1/t14-,15-,16+/m1/s1. The van der Waals surface area contributed by atoms with Gasteiger partial charge in [0.1, 0.15) is 25.3 Å². The fraction of sp³-hybridized carbons (Fsp3) is 0.650. The molecule has 24 heavy (non-hydrogen) atoms. The van der Waals surface area contributed by atoms with Crippen LogP contribution in [0.25, 0.3) is 0 Å². The number of morpholine rings is 1. The summed E-state index contributed by atoms with van der Waals surface area (Å²) in [6.07, 6.45) is 5.43. The SMILES string of the molecule is C[C@@H]1C[NH+](CC(=O)N[C@@H](C)c2ccc3c(c2)CCCC3)C[C@@H](C)O1. The van der Waals surface area contributed by atoms with Gasteiger partial charge in [-0.2, -0.15) is 0 Å². The molecule has 2 aliphatic rings. The van der Waals surface area contributed by atoms with Crippen molar-refractivity contribution >= 4 is 5.91 Å². The number of amides is 1. The van der Waals surface area contributed by atoms with Crippen LogP contribution < -0.4 is 10.2 Å². The molecule has 2 N–H and O–H groups in total. The Bertz CT molecular complexity index is 577. The molecule has 1 aliphatic heterocycles. The van der Waals surface area contributed by atoms with Crippen molar-refractivity contribution in [1.29, 1.82) is 0 Å². The first-order valence-corrected chi connectivity index (χ1v) is 9.41. The third-order valence-electron chi connectivity index (χ3n) is 5.28. The molecule has 1 fully saturated rings. The van der Waals surface area contributed by atoms with Gasteiger partial charge in [0.15, 0.2) is 6.54 Å². The van der Waals surface area contributed by atoms with Gasteiger partial charge in [-0.15, -0.1) is 0 Å². The molecule has 0 unspecified atom stereocenters. The molecule has 3 rings (SSSR count). The fourth-order valence-electron chi connectivity index (χ4n) is 4.16. The number of carbonyl (C=O) groups is 1. The van der Waals surface area contributed by atoms with Crippen molar-refractivity contribution in [3.63, 3.8) is 0 Å². The number of ether oxygens (including phenoxy) is 1. The molecular formula is C20H31N2O2+. The van der Waals surface area contributed by atoms with E-state index in [-0.39, 0.29) is 24.2 Å². The van der Waals surface area contributed by atoms with Gasteiger partial charge in [0.2, 0.25) is 0 Å². The predicted octanol–water partition coefficient (Wildman–Crippen LogP) is 1.43. The van der Waals surface area contributed by atoms with Gasteiger partial charge < -0.3 is 15.0 Å². The summed E-state index contributed by atoms with van der Waals surface area (Å²) in [5, 5.41) is 3.18. The van der Waals surface area contributed by atoms with Crippen LogP contribution in [0.4, 0.5) is 0 Å². The number of benzene rings is 1. The molecule has 1 aromatic rings. The summed E-state index contributed by atoms with van der Waals surface area (Å²) in [5.41, 5.74) is 4.19. The Morgan fingerprint density at radius 3 is 2.58 bits per heavy atom. The van der Waals surface area contributed by atoms with Crippen LogP contribution >= 0.6 is 0 Å². The van der Waals surface area contributed by atoms with Crippen LogP contribution in [0.1, 0.15) is 56.3 Å². The molecule has 0 bridgehead atoms. The topological polar surface area (TPSA) is 42.8 Å². The Kier molecular flexibility index (Phi) is 5.57. The predicted molar refractivity (Wildman–Crippen MR) is 95.2 cm³/mol. The largest absolute Gasteiger partial charge is 0.364 e. The van der Waals surface area contributed by atoms with E-state index in [4.69, 9.17) is 4.74 Å². The molecule has 1 aromatic carbocycles. The molecule has 132 valence electrons. The zero-order valence-electron chi connectivity index (χ0n) is 15.2. The molecule has 0 saturated carbocycles. The second-order valence-corrected chi connectivity index (χ2v) is 7.62.